The Hall–Kier alpha value is -1.99. The number of thiophene rings is 1. The Kier molecular flexibility index (Phi) is 3.84. The standard InChI is InChI=1S/C15H18N4O2S/c1-4-19-14(21)12-11(18-15(19)16-5-6-20)10-8(2)7-9(3)17-13(10)22-12/h7,20H,4-6H2,1-3H3,(H,16,18). The highest BCUT2D eigenvalue weighted by Crippen LogP contribution is 2.32. The molecule has 0 aliphatic rings. The molecule has 0 fully saturated rings. The van der Waals surface area contributed by atoms with E-state index in [-0.39, 0.29) is 12.2 Å². The molecule has 3 rings (SSSR count). The van der Waals surface area contributed by atoms with Crippen LogP contribution in [0.3, 0.4) is 0 Å². The van der Waals surface area contributed by atoms with Gasteiger partial charge in [-0.2, -0.15) is 0 Å². The number of aromatic nitrogens is 3. The number of nitrogens with one attached hydrogen (secondary N) is 1. The van der Waals surface area contributed by atoms with Crippen molar-refractivity contribution in [3.63, 3.8) is 0 Å². The fraction of sp³-hybridized carbons (Fsp3) is 0.400. The maximum Gasteiger partial charge on any atom is 0.272 e. The highest BCUT2D eigenvalue weighted by Gasteiger charge is 2.17. The normalized spacial score (nSPS) is 11.5. The Morgan fingerprint density at radius 2 is 2.14 bits per heavy atom. The minimum atomic E-state index is -0.0620. The third kappa shape index (κ3) is 2.26. The molecule has 22 heavy (non-hydrogen) atoms. The number of rotatable bonds is 4. The van der Waals surface area contributed by atoms with Crippen LogP contribution in [0.15, 0.2) is 10.9 Å². The van der Waals surface area contributed by atoms with Crippen LogP contribution >= 0.6 is 11.3 Å². The third-order valence-electron chi connectivity index (χ3n) is 3.59. The maximum absolute atomic E-state index is 12.7. The molecule has 0 amide bonds. The van der Waals surface area contributed by atoms with Crippen LogP contribution in [-0.2, 0) is 6.54 Å². The monoisotopic (exact) mass is 318 g/mol. The lowest BCUT2D eigenvalue weighted by molar-refractivity contribution is 0.310. The Morgan fingerprint density at radius 3 is 2.82 bits per heavy atom. The molecular formula is C15H18N4O2S. The second kappa shape index (κ2) is 5.66. The summed E-state index contributed by atoms with van der Waals surface area (Å²) >= 11 is 1.39. The van der Waals surface area contributed by atoms with Gasteiger partial charge in [0.1, 0.15) is 15.0 Å². The van der Waals surface area contributed by atoms with Gasteiger partial charge in [0.25, 0.3) is 5.56 Å². The summed E-state index contributed by atoms with van der Waals surface area (Å²) < 4.78 is 2.22. The fourth-order valence-electron chi connectivity index (χ4n) is 2.66. The molecule has 116 valence electrons. The van der Waals surface area contributed by atoms with E-state index in [1.807, 2.05) is 26.8 Å². The maximum atomic E-state index is 12.7. The molecule has 7 heteroatoms. The minimum absolute atomic E-state index is 0.0121. The predicted octanol–water partition coefficient (Wildman–Crippen LogP) is 2.05. The molecule has 0 unspecified atom stereocenters. The van der Waals surface area contributed by atoms with Crippen LogP contribution in [0.25, 0.3) is 20.4 Å². The molecule has 0 aliphatic carbocycles. The summed E-state index contributed by atoms with van der Waals surface area (Å²) in [6, 6.07) is 2.00. The predicted molar refractivity (Wildman–Crippen MR) is 89.9 cm³/mol. The zero-order valence-corrected chi connectivity index (χ0v) is 13.6. The number of aliphatic hydroxyl groups is 1. The van der Waals surface area contributed by atoms with Gasteiger partial charge in [0, 0.05) is 24.2 Å². The van der Waals surface area contributed by atoms with Crippen molar-refractivity contribution in [1.29, 1.82) is 0 Å². The number of hydrogen-bond donors (Lipinski definition) is 2. The first-order chi connectivity index (χ1) is 10.6. The quantitative estimate of drug-likeness (QED) is 0.769. The number of aliphatic hydroxyl groups excluding tert-OH is 1. The van der Waals surface area contributed by atoms with Crippen LogP contribution in [0, 0.1) is 13.8 Å². The lowest BCUT2D eigenvalue weighted by Gasteiger charge is -2.11. The van der Waals surface area contributed by atoms with Crippen LogP contribution < -0.4 is 10.9 Å². The molecule has 6 nitrogen and oxygen atoms in total. The van der Waals surface area contributed by atoms with Gasteiger partial charge in [-0.1, -0.05) is 0 Å². The van der Waals surface area contributed by atoms with Crippen molar-refractivity contribution >= 4 is 37.7 Å². The van der Waals surface area contributed by atoms with Crippen LogP contribution in [0.4, 0.5) is 5.95 Å². The highest BCUT2D eigenvalue weighted by atomic mass is 32.1. The van der Waals surface area contributed by atoms with Crippen molar-refractivity contribution in [3.05, 3.63) is 27.7 Å². The fourth-order valence-corrected chi connectivity index (χ4v) is 3.84. The third-order valence-corrected chi connectivity index (χ3v) is 4.65. The molecule has 0 saturated heterocycles. The Bertz CT molecular complexity index is 913. The van der Waals surface area contributed by atoms with E-state index in [1.54, 1.807) is 4.57 Å². The van der Waals surface area contributed by atoms with E-state index in [1.165, 1.54) is 11.3 Å². The number of hydrogen-bond acceptors (Lipinski definition) is 6. The van der Waals surface area contributed by atoms with Crippen molar-refractivity contribution in [1.82, 2.24) is 14.5 Å². The Labute approximate surface area is 131 Å². The minimum Gasteiger partial charge on any atom is -0.395 e. The van der Waals surface area contributed by atoms with E-state index in [9.17, 15) is 4.79 Å². The molecule has 3 aromatic rings. The summed E-state index contributed by atoms with van der Waals surface area (Å²) in [5.41, 5.74) is 2.64. The first-order valence-corrected chi connectivity index (χ1v) is 8.04. The van der Waals surface area contributed by atoms with Crippen LogP contribution in [-0.4, -0.2) is 32.8 Å². The van der Waals surface area contributed by atoms with Gasteiger partial charge in [-0.25, -0.2) is 9.97 Å². The molecule has 0 aromatic carbocycles. The molecule has 2 N–H and O–H groups in total. The molecule has 0 saturated carbocycles. The van der Waals surface area contributed by atoms with E-state index in [0.29, 0.717) is 29.3 Å². The lowest BCUT2D eigenvalue weighted by atomic mass is 10.1. The first kappa shape index (κ1) is 14.9. The largest absolute Gasteiger partial charge is 0.395 e. The zero-order chi connectivity index (χ0) is 15.9. The topological polar surface area (TPSA) is 80.0 Å². The summed E-state index contributed by atoms with van der Waals surface area (Å²) in [5.74, 6) is 0.494. The van der Waals surface area contributed by atoms with Gasteiger partial charge < -0.3 is 10.4 Å². The van der Waals surface area contributed by atoms with Crippen molar-refractivity contribution in [2.75, 3.05) is 18.5 Å². The second-order valence-corrected chi connectivity index (χ2v) is 6.17. The molecule has 0 aliphatic heterocycles. The van der Waals surface area contributed by atoms with Crippen molar-refractivity contribution in [2.45, 2.75) is 27.3 Å². The summed E-state index contributed by atoms with van der Waals surface area (Å²) in [4.78, 5) is 22.7. The van der Waals surface area contributed by atoms with Crippen LogP contribution in [0.1, 0.15) is 18.2 Å². The van der Waals surface area contributed by atoms with Crippen molar-refractivity contribution < 1.29 is 5.11 Å². The van der Waals surface area contributed by atoms with Gasteiger partial charge in [-0.3, -0.25) is 9.36 Å². The highest BCUT2D eigenvalue weighted by molar-refractivity contribution is 7.25. The van der Waals surface area contributed by atoms with Crippen molar-refractivity contribution in [2.24, 2.45) is 0 Å². The molecule has 0 radical (unpaired) electrons. The zero-order valence-electron chi connectivity index (χ0n) is 12.8. The first-order valence-electron chi connectivity index (χ1n) is 7.22. The molecule has 0 bridgehead atoms. The Balaban J connectivity index is 2.39. The van der Waals surface area contributed by atoms with Gasteiger partial charge in [0.2, 0.25) is 5.95 Å². The van der Waals surface area contributed by atoms with E-state index in [2.05, 4.69) is 15.3 Å². The smallest absolute Gasteiger partial charge is 0.272 e. The van der Waals surface area contributed by atoms with Crippen LogP contribution in [0.2, 0.25) is 0 Å². The van der Waals surface area contributed by atoms with E-state index < -0.39 is 0 Å². The summed E-state index contributed by atoms with van der Waals surface area (Å²) in [7, 11) is 0. The number of nitrogens with zero attached hydrogens (tertiary/aromatic N) is 3. The second-order valence-electron chi connectivity index (χ2n) is 5.18. The van der Waals surface area contributed by atoms with Crippen molar-refractivity contribution in [3.8, 4) is 0 Å². The van der Waals surface area contributed by atoms with Gasteiger partial charge >= 0.3 is 0 Å². The number of fused-ring (bicyclic) bond motifs is 3. The molecule has 0 spiro atoms. The van der Waals surface area contributed by atoms with Gasteiger partial charge in [-0.15, -0.1) is 11.3 Å². The molecule has 0 atom stereocenters. The van der Waals surface area contributed by atoms with Gasteiger partial charge in [-0.05, 0) is 32.4 Å². The SMILES string of the molecule is CCn1c(NCCO)nc2c(sc3nc(C)cc(C)c32)c1=O. The molecule has 3 aromatic heterocycles. The molecule has 3 heterocycles. The van der Waals surface area contributed by atoms with E-state index in [0.717, 1.165) is 21.5 Å². The number of anilines is 1. The summed E-state index contributed by atoms with van der Waals surface area (Å²) in [5, 5.41) is 13.0. The lowest BCUT2D eigenvalue weighted by Crippen LogP contribution is -2.24. The van der Waals surface area contributed by atoms with E-state index in [4.69, 9.17) is 5.11 Å². The molecular weight excluding hydrogens is 300 g/mol. The van der Waals surface area contributed by atoms with Crippen LogP contribution in [0.5, 0.6) is 0 Å². The number of pyridine rings is 1. The average molecular weight is 318 g/mol. The van der Waals surface area contributed by atoms with E-state index >= 15 is 0 Å². The van der Waals surface area contributed by atoms with Gasteiger partial charge in [0.05, 0.1) is 6.61 Å². The summed E-state index contributed by atoms with van der Waals surface area (Å²) in [6.45, 7) is 6.73. The van der Waals surface area contributed by atoms with Gasteiger partial charge in [0.15, 0.2) is 0 Å². The number of aryl methyl sites for hydroxylation is 2. The summed E-state index contributed by atoms with van der Waals surface area (Å²) in [6.07, 6.45) is 0. The Morgan fingerprint density at radius 1 is 1.36 bits per heavy atom. The average Bonchev–Trinajstić information content (AvgIpc) is 2.84.